The van der Waals surface area contributed by atoms with Crippen LogP contribution in [0.2, 0.25) is 0 Å². The second-order valence-electron chi connectivity index (χ2n) is 6.82. The van der Waals surface area contributed by atoms with Gasteiger partial charge in [0.2, 0.25) is 0 Å². The quantitative estimate of drug-likeness (QED) is 0.210. The fourth-order valence-corrected chi connectivity index (χ4v) is 4.51. The molecule has 10 heteroatoms. The molecule has 0 unspecified atom stereocenters. The number of ether oxygens (including phenoxy) is 2. The molecular formula is C23H21BrN2O6S. The number of nitrogens with zero attached hydrogens (tertiary/aromatic N) is 1. The van der Waals surface area contributed by atoms with E-state index < -0.39 is 16.8 Å². The van der Waals surface area contributed by atoms with Crippen molar-refractivity contribution in [2.45, 2.75) is 20.3 Å². The molecule has 3 aromatic rings. The number of carbonyl (C=O) groups excluding carboxylic acids is 2. The van der Waals surface area contributed by atoms with Crippen molar-refractivity contribution in [3.8, 4) is 16.9 Å². The molecule has 1 heterocycles. The number of hydrogen-bond donors (Lipinski definition) is 1. The zero-order valence-corrected chi connectivity index (χ0v) is 20.3. The highest BCUT2D eigenvalue weighted by Crippen LogP contribution is 2.37. The number of nitro groups is 1. The van der Waals surface area contributed by atoms with Gasteiger partial charge in [0.1, 0.15) is 16.3 Å². The number of halogens is 1. The first-order valence-corrected chi connectivity index (χ1v) is 11.8. The fraction of sp³-hybridized carbons (Fsp3) is 0.217. The molecule has 0 atom stereocenters. The van der Waals surface area contributed by atoms with Crippen molar-refractivity contribution in [1.82, 2.24) is 0 Å². The van der Waals surface area contributed by atoms with E-state index in [9.17, 15) is 19.7 Å². The van der Waals surface area contributed by atoms with E-state index in [0.717, 1.165) is 27.8 Å². The number of carbonyl (C=O) groups is 2. The topological polar surface area (TPSA) is 108 Å². The average molecular weight is 533 g/mol. The Labute approximate surface area is 202 Å². The number of nitrogens with one attached hydrogen (secondary N) is 1. The number of hydrogen-bond acceptors (Lipinski definition) is 7. The lowest BCUT2D eigenvalue weighted by Gasteiger charge is -2.12. The van der Waals surface area contributed by atoms with E-state index in [-0.39, 0.29) is 29.5 Å². The molecule has 3 rings (SSSR count). The molecule has 0 saturated heterocycles. The number of benzene rings is 2. The zero-order valence-electron chi connectivity index (χ0n) is 17.9. The van der Waals surface area contributed by atoms with Crippen LogP contribution in [-0.4, -0.2) is 30.0 Å². The van der Waals surface area contributed by atoms with Gasteiger partial charge in [-0.1, -0.05) is 35.0 Å². The summed E-state index contributed by atoms with van der Waals surface area (Å²) in [4.78, 5) is 35.9. The summed E-state index contributed by atoms with van der Waals surface area (Å²) in [5, 5.41) is 15.8. The molecule has 2 aromatic carbocycles. The van der Waals surface area contributed by atoms with Gasteiger partial charge in [0.05, 0.1) is 11.5 Å². The number of aryl methyl sites for hydroxylation is 1. The molecule has 0 radical (unpaired) electrons. The Kier molecular flexibility index (Phi) is 8.18. The van der Waals surface area contributed by atoms with Crippen LogP contribution in [0.5, 0.6) is 5.75 Å². The van der Waals surface area contributed by atoms with E-state index in [1.165, 1.54) is 18.2 Å². The van der Waals surface area contributed by atoms with Crippen LogP contribution in [0.4, 0.5) is 10.7 Å². The molecule has 0 aliphatic rings. The van der Waals surface area contributed by atoms with Crippen molar-refractivity contribution in [1.29, 1.82) is 0 Å². The van der Waals surface area contributed by atoms with Gasteiger partial charge in [0, 0.05) is 27.5 Å². The molecule has 1 aromatic heterocycles. The van der Waals surface area contributed by atoms with Crippen LogP contribution >= 0.6 is 27.3 Å². The Bertz CT molecular complexity index is 1190. The van der Waals surface area contributed by atoms with Gasteiger partial charge in [0.15, 0.2) is 6.61 Å². The summed E-state index contributed by atoms with van der Waals surface area (Å²) in [5.74, 6) is -0.472. The van der Waals surface area contributed by atoms with Crippen LogP contribution in [0.25, 0.3) is 11.1 Å². The summed E-state index contributed by atoms with van der Waals surface area (Å²) < 4.78 is 11.8. The number of non-ortho nitro benzene ring substituents is 1. The van der Waals surface area contributed by atoms with E-state index in [1.807, 2.05) is 19.1 Å². The number of rotatable bonds is 9. The number of esters is 1. The summed E-state index contributed by atoms with van der Waals surface area (Å²) >= 11 is 4.55. The minimum absolute atomic E-state index is 0.103. The second kappa shape index (κ2) is 11.1. The van der Waals surface area contributed by atoms with Crippen molar-refractivity contribution in [3.63, 3.8) is 0 Å². The Hall–Kier alpha value is -3.24. The summed E-state index contributed by atoms with van der Waals surface area (Å²) in [6.45, 7) is 3.55. The predicted molar refractivity (Wildman–Crippen MR) is 130 cm³/mol. The van der Waals surface area contributed by atoms with Crippen LogP contribution in [0.15, 0.2) is 52.3 Å². The first kappa shape index (κ1) is 24.4. The molecule has 0 fully saturated rings. The molecule has 1 amide bonds. The normalized spacial score (nSPS) is 10.5. The van der Waals surface area contributed by atoms with E-state index in [0.29, 0.717) is 16.9 Å². The molecular weight excluding hydrogens is 512 g/mol. The lowest BCUT2D eigenvalue weighted by molar-refractivity contribution is -0.384. The first-order chi connectivity index (χ1) is 15.8. The Balaban J connectivity index is 1.84. The van der Waals surface area contributed by atoms with Crippen molar-refractivity contribution in [2.24, 2.45) is 0 Å². The average Bonchev–Trinajstić information content (AvgIpc) is 3.21. The summed E-state index contributed by atoms with van der Waals surface area (Å²) in [7, 11) is 0. The third-order valence-corrected chi connectivity index (χ3v) is 6.04. The van der Waals surface area contributed by atoms with E-state index in [4.69, 9.17) is 9.47 Å². The van der Waals surface area contributed by atoms with Crippen LogP contribution < -0.4 is 10.1 Å². The van der Waals surface area contributed by atoms with Crippen LogP contribution in [0.3, 0.4) is 0 Å². The van der Waals surface area contributed by atoms with Crippen LogP contribution in [-0.2, 0) is 16.0 Å². The molecule has 0 saturated carbocycles. The van der Waals surface area contributed by atoms with E-state index >= 15 is 0 Å². The zero-order chi connectivity index (χ0) is 24.0. The Morgan fingerprint density at radius 1 is 1.18 bits per heavy atom. The second-order valence-corrected chi connectivity index (χ2v) is 8.62. The van der Waals surface area contributed by atoms with Crippen molar-refractivity contribution in [3.05, 3.63) is 73.6 Å². The van der Waals surface area contributed by atoms with Gasteiger partial charge in [-0.2, -0.15) is 0 Å². The van der Waals surface area contributed by atoms with Gasteiger partial charge in [-0.15, -0.1) is 11.3 Å². The van der Waals surface area contributed by atoms with Crippen molar-refractivity contribution in [2.75, 3.05) is 18.5 Å². The van der Waals surface area contributed by atoms with Crippen LogP contribution in [0.1, 0.15) is 29.8 Å². The SMILES string of the molecule is CCOC(=O)c1c(-c2cccc([N+](=O)[O-])c2)csc1NC(=O)COc1ccc(Br)cc1CC. The molecule has 0 aliphatic heterocycles. The molecule has 0 spiro atoms. The van der Waals surface area contributed by atoms with Crippen molar-refractivity contribution >= 4 is 49.8 Å². The maximum absolute atomic E-state index is 12.7. The molecule has 172 valence electrons. The summed E-state index contributed by atoms with van der Waals surface area (Å²) in [6.07, 6.45) is 0.737. The lowest BCUT2D eigenvalue weighted by atomic mass is 10.0. The molecule has 8 nitrogen and oxygen atoms in total. The third kappa shape index (κ3) is 5.96. The highest BCUT2D eigenvalue weighted by atomic mass is 79.9. The molecule has 0 aliphatic carbocycles. The maximum Gasteiger partial charge on any atom is 0.341 e. The van der Waals surface area contributed by atoms with Gasteiger partial charge < -0.3 is 14.8 Å². The largest absolute Gasteiger partial charge is 0.483 e. The van der Waals surface area contributed by atoms with E-state index in [1.54, 1.807) is 24.4 Å². The van der Waals surface area contributed by atoms with Crippen LogP contribution in [0, 0.1) is 10.1 Å². The minimum Gasteiger partial charge on any atom is -0.483 e. The predicted octanol–water partition coefficient (Wildman–Crippen LogP) is 5.84. The maximum atomic E-state index is 12.7. The van der Waals surface area contributed by atoms with Gasteiger partial charge in [-0.3, -0.25) is 14.9 Å². The van der Waals surface area contributed by atoms with Crippen molar-refractivity contribution < 1.29 is 24.0 Å². The fourth-order valence-electron chi connectivity index (χ4n) is 3.13. The van der Waals surface area contributed by atoms with Gasteiger partial charge in [-0.25, -0.2) is 4.79 Å². The molecule has 33 heavy (non-hydrogen) atoms. The number of anilines is 1. The van der Waals surface area contributed by atoms with Gasteiger partial charge in [-0.05, 0) is 42.7 Å². The number of nitro benzene ring substituents is 1. The smallest absolute Gasteiger partial charge is 0.341 e. The van der Waals surface area contributed by atoms with Gasteiger partial charge in [0.25, 0.3) is 11.6 Å². The summed E-state index contributed by atoms with van der Waals surface area (Å²) in [5.41, 5.74) is 1.91. The molecule has 0 bridgehead atoms. The summed E-state index contributed by atoms with van der Waals surface area (Å²) in [6, 6.07) is 11.5. The Morgan fingerprint density at radius 2 is 1.97 bits per heavy atom. The highest BCUT2D eigenvalue weighted by Gasteiger charge is 2.24. The Morgan fingerprint density at radius 3 is 2.67 bits per heavy atom. The highest BCUT2D eigenvalue weighted by molar-refractivity contribution is 9.10. The van der Waals surface area contributed by atoms with E-state index in [2.05, 4.69) is 21.2 Å². The third-order valence-electron chi connectivity index (χ3n) is 4.65. The molecule has 1 N–H and O–H groups in total. The minimum atomic E-state index is -0.627. The number of amides is 1. The van der Waals surface area contributed by atoms with Gasteiger partial charge >= 0.3 is 5.97 Å². The monoisotopic (exact) mass is 532 g/mol. The standard InChI is InChI=1S/C23H21BrN2O6S/c1-3-14-10-16(24)8-9-19(14)32-12-20(27)25-22-21(23(28)31-4-2)18(13-33-22)15-6-5-7-17(11-15)26(29)30/h5-11,13H,3-4,12H2,1-2H3,(H,25,27). The lowest BCUT2D eigenvalue weighted by Crippen LogP contribution is -2.21. The number of thiophene rings is 1. The first-order valence-electron chi connectivity index (χ1n) is 10.1.